The number of amides is 2. The Bertz CT molecular complexity index is 686. The van der Waals surface area contributed by atoms with Gasteiger partial charge in [-0.1, -0.05) is 33.6 Å². The summed E-state index contributed by atoms with van der Waals surface area (Å²) in [6.45, 7) is 5.47. The maximum Gasteiger partial charge on any atom is 0.324 e. The number of benzene rings is 1. The van der Waals surface area contributed by atoms with E-state index >= 15 is 0 Å². The van der Waals surface area contributed by atoms with Gasteiger partial charge in [0.2, 0.25) is 11.8 Å². The van der Waals surface area contributed by atoms with Gasteiger partial charge in [0.05, 0.1) is 23.6 Å². The van der Waals surface area contributed by atoms with E-state index in [1.807, 2.05) is 19.1 Å². The van der Waals surface area contributed by atoms with Crippen molar-refractivity contribution in [3.63, 3.8) is 0 Å². The van der Waals surface area contributed by atoms with E-state index in [1.54, 1.807) is 26.0 Å². The van der Waals surface area contributed by atoms with Gasteiger partial charge < -0.3 is 4.74 Å². The third kappa shape index (κ3) is 1.61. The first-order valence-electron chi connectivity index (χ1n) is 7.11. The molecule has 1 aromatic carbocycles. The zero-order valence-electron chi connectivity index (χ0n) is 12.6. The van der Waals surface area contributed by atoms with Crippen LogP contribution in [-0.4, -0.2) is 28.7 Å². The molecule has 0 radical (unpaired) electrons. The molecule has 1 aliphatic heterocycles. The highest BCUT2D eigenvalue weighted by Crippen LogP contribution is 2.72. The van der Waals surface area contributed by atoms with Gasteiger partial charge in [0.25, 0.3) is 0 Å². The number of hydrogen-bond donors (Lipinski definition) is 0. The molecule has 1 saturated heterocycles. The molecule has 3 rings (SSSR count). The summed E-state index contributed by atoms with van der Waals surface area (Å²) < 4.78 is 3.78. The number of aryl methyl sites for hydroxylation is 1. The number of esters is 1. The van der Waals surface area contributed by atoms with E-state index in [0.717, 1.165) is 5.56 Å². The fourth-order valence-electron chi connectivity index (χ4n) is 3.24. The van der Waals surface area contributed by atoms with Crippen LogP contribution in [0.2, 0.25) is 0 Å². The maximum absolute atomic E-state index is 12.8. The van der Waals surface area contributed by atoms with E-state index in [1.165, 1.54) is 4.90 Å². The van der Waals surface area contributed by atoms with Crippen LogP contribution in [0, 0.1) is 18.3 Å². The van der Waals surface area contributed by atoms with Gasteiger partial charge in [-0.3, -0.25) is 14.4 Å². The first-order chi connectivity index (χ1) is 10.3. The van der Waals surface area contributed by atoms with Gasteiger partial charge in [-0.2, -0.15) is 0 Å². The van der Waals surface area contributed by atoms with Crippen LogP contribution >= 0.6 is 15.9 Å². The molecule has 0 aromatic heterocycles. The molecule has 6 heteroatoms. The lowest BCUT2D eigenvalue weighted by Gasteiger charge is -2.23. The summed E-state index contributed by atoms with van der Waals surface area (Å²) in [6.07, 6.45) is 0. The number of anilines is 1. The SMILES string of the molecule is CCOC(=O)C1(Br)C2C(=O)N(c3ccc(C)cc3)C(=O)C21C. The van der Waals surface area contributed by atoms with Crippen molar-refractivity contribution in [1.82, 2.24) is 0 Å². The predicted molar refractivity (Wildman–Crippen MR) is 83.6 cm³/mol. The fourth-order valence-corrected chi connectivity index (χ4v) is 4.29. The number of carbonyl (C=O) groups is 3. The number of halogens is 1. The lowest BCUT2D eigenvalue weighted by Crippen LogP contribution is -2.43. The Morgan fingerprint density at radius 1 is 1.32 bits per heavy atom. The number of ether oxygens (including phenoxy) is 1. The van der Waals surface area contributed by atoms with E-state index in [4.69, 9.17) is 4.74 Å². The first kappa shape index (κ1) is 15.2. The van der Waals surface area contributed by atoms with Gasteiger partial charge in [0, 0.05) is 0 Å². The summed E-state index contributed by atoms with van der Waals surface area (Å²) in [5, 5.41) is 0. The Morgan fingerprint density at radius 3 is 2.36 bits per heavy atom. The average molecular weight is 366 g/mol. The Hall–Kier alpha value is -1.69. The largest absolute Gasteiger partial charge is 0.465 e. The fraction of sp³-hybridized carbons (Fsp3) is 0.438. The molecule has 1 aromatic rings. The van der Waals surface area contributed by atoms with Crippen LogP contribution < -0.4 is 4.90 Å². The third-order valence-corrected chi connectivity index (χ3v) is 6.23. The Balaban J connectivity index is 1.95. The van der Waals surface area contributed by atoms with Gasteiger partial charge >= 0.3 is 5.97 Å². The van der Waals surface area contributed by atoms with Crippen molar-refractivity contribution in [2.24, 2.45) is 11.3 Å². The zero-order valence-corrected chi connectivity index (χ0v) is 14.1. The average Bonchev–Trinajstić information content (AvgIpc) is 2.91. The molecule has 0 N–H and O–H groups in total. The van der Waals surface area contributed by atoms with Gasteiger partial charge in [-0.05, 0) is 32.9 Å². The van der Waals surface area contributed by atoms with E-state index in [-0.39, 0.29) is 18.4 Å². The summed E-state index contributed by atoms with van der Waals surface area (Å²) in [5.41, 5.74) is 0.495. The molecule has 3 atom stereocenters. The number of alkyl halides is 1. The summed E-state index contributed by atoms with van der Waals surface area (Å²) in [7, 11) is 0. The molecule has 2 aliphatic rings. The van der Waals surface area contributed by atoms with Crippen LogP contribution in [0.15, 0.2) is 24.3 Å². The molecule has 0 spiro atoms. The second-order valence-electron chi connectivity index (χ2n) is 5.88. The van der Waals surface area contributed by atoms with Crippen molar-refractivity contribution in [1.29, 1.82) is 0 Å². The van der Waals surface area contributed by atoms with E-state index in [9.17, 15) is 14.4 Å². The van der Waals surface area contributed by atoms with Crippen molar-refractivity contribution >= 4 is 39.4 Å². The minimum Gasteiger partial charge on any atom is -0.465 e. The quantitative estimate of drug-likeness (QED) is 0.468. The molecular formula is C16H16BrNO4. The van der Waals surface area contributed by atoms with E-state index in [0.29, 0.717) is 5.69 Å². The highest BCUT2D eigenvalue weighted by molar-refractivity contribution is 9.10. The third-order valence-electron chi connectivity index (χ3n) is 4.63. The van der Waals surface area contributed by atoms with Crippen LogP contribution in [0.5, 0.6) is 0 Å². The van der Waals surface area contributed by atoms with Gasteiger partial charge in [0.1, 0.15) is 0 Å². The number of rotatable bonds is 3. The van der Waals surface area contributed by atoms with Crippen molar-refractivity contribution < 1.29 is 19.1 Å². The molecule has 0 bridgehead atoms. The highest BCUT2D eigenvalue weighted by atomic mass is 79.9. The monoisotopic (exact) mass is 365 g/mol. The predicted octanol–water partition coefficient (Wildman–Crippen LogP) is 2.20. The summed E-state index contributed by atoms with van der Waals surface area (Å²) in [6, 6.07) is 7.16. The molecule has 2 amide bonds. The summed E-state index contributed by atoms with van der Waals surface area (Å²) in [5.74, 6) is -1.99. The highest BCUT2D eigenvalue weighted by Gasteiger charge is 2.89. The molecule has 2 fully saturated rings. The molecule has 116 valence electrons. The zero-order chi connectivity index (χ0) is 16.3. The molecule has 5 nitrogen and oxygen atoms in total. The summed E-state index contributed by atoms with van der Waals surface area (Å²) in [4.78, 5) is 38.7. The lowest BCUT2D eigenvalue weighted by atomic mass is 10.1. The molecule has 22 heavy (non-hydrogen) atoms. The second-order valence-corrected chi connectivity index (χ2v) is 7.13. The van der Waals surface area contributed by atoms with E-state index < -0.39 is 21.6 Å². The van der Waals surface area contributed by atoms with Crippen molar-refractivity contribution in [2.75, 3.05) is 11.5 Å². The molecular weight excluding hydrogens is 350 g/mol. The maximum atomic E-state index is 12.8. The van der Waals surface area contributed by atoms with Gasteiger partial charge in [0.15, 0.2) is 4.32 Å². The number of nitrogens with zero attached hydrogens (tertiary/aromatic N) is 1. The van der Waals surface area contributed by atoms with Crippen molar-refractivity contribution in [2.45, 2.75) is 25.1 Å². The topological polar surface area (TPSA) is 63.7 Å². The van der Waals surface area contributed by atoms with Crippen LogP contribution in [0.4, 0.5) is 5.69 Å². The van der Waals surface area contributed by atoms with Crippen LogP contribution in [-0.2, 0) is 19.1 Å². The first-order valence-corrected chi connectivity index (χ1v) is 7.90. The Labute approximate surface area is 136 Å². The minimum atomic E-state index is -1.23. The molecule has 1 aliphatic carbocycles. The van der Waals surface area contributed by atoms with E-state index in [2.05, 4.69) is 15.9 Å². The van der Waals surface area contributed by atoms with Crippen LogP contribution in [0.1, 0.15) is 19.4 Å². The van der Waals surface area contributed by atoms with Gasteiger partial charge in [-0.15, -0.1) is 0 Å². The normalized spacial score (nSPS) is 32.9. The number of hydrogen-bond acceptors (Lipinski definition) is 4. The van der Waals surface area contributed by atoms with Crippen LogP contribution in [0.25, 0.3) is 0 Å². The summed E-state index contributed by atoms with van der Waals surface area (Å²) >= 11 is 3.31. The standard InChI is InChI=1S/C16H16BrNO4/c1-4-22-14(21)16(17)11-12(19)18(13(20)15(11,16)3)10-7-5-9(2)6-8-10/h5-8,11H,4H2,1-3H3. The molecule has 3 unspecified atom stereocenters. The number of piperidine rings is 1. The smallest absolute Gasteiger partial charge is 0.324 e. The van der Waals surface area contributed by atoms with Crippen LogP contribution in [0.3, 0.4) is 0 Å². The number of imide groups is 1. The Morgan fingerprint density at radius 2 is 1.91 bits per heavy atom. The lowest BCUT2D eigenvalue weighted by molar-refractivity contribution is -0.146. The van der Waals surface area contributed by atoms with Crippen molar-refractivity contribution in [3.8, 4) is 0 Å². The van der Waals surface area contributed by atoms with Crippen molar-refractivity contribution in [3.05, 3.63) is 29.8 Å². The molecule has 1 heterocycles. The number of carbonyl (C=O) groups excluding carboxylic acids is 3. The second kappa shape index (κ2) is 4.65. The van der Waals surface area contributed by atoms with Gasteiger partial charge in [-0.25, -0.2) is 4.90 Å². The molecule has 1 saturated carbocycles. The Kier molecular flexibility index (Phi) is 3.22. The minimum absolute atomic E-state index is 0.207. The number of fused-ring (bicyclic) bond motifs is 1.